The molecule has 22 heavy (non-hydrogen) atoms. The SMILES string of the molecule is CCCCc1ccc(P(O)c2ccc(CCCC)cc2)cc1. The number of aryl methyl sites for hydroxylation is 2. The van der Waals surface area contributed by atoms with Crippen molar-refractivity contribution in [2.45, 2.75) is 52.4 Å². The van der Waals surface area contributed by atoms with Gasteiger partial charge in [0.25, 0.3) is 0 Å². The van der Waals surface area contributed by atoms with Crippen molar-refractivity contribution in [2.75, 3.05) is 0 Å². The van der Waals surface area contributed by atoms with Crippen LogP contribution in [0.5, 0.6) is 0 Å². The zero-order chi connectivity index (χ0) is 15.8. The zero-order valence-corrected chi connectivity index (χ0v) is 14.7. The molecule has 0 saturated carbocycles. The Morgan fingerprint density at radius 3 is 1.36 bits per heavy atom. The lowest BCUT2D eigenvalue weighted by molar-refractivity contribution is 0.644. The summed E-state index contributed by atoms with van der Waals surface area (Å²) in [5.41, 5.74) is 2.73. The molecular weight excluding hydrogens is 287 g/mol. The number of benzene rings is 2. The Labute approximate surface area is 136 Å². The maximum absolute atomic E-state index is 10.6. The van der Waals surface area contributed by atoms with Gasteiger partial charge in [0.05, 0.1) is 8.15 Å². The van der Waals surface area contributed by atoms with Crippen LogP contribution in [0.15, 0.2) is 48.5 Å². The van der Waals surface area contributed by atoms with Gasteiger partial charge in [-0.1, -0.05) is 75.2 Å². The second kappa shape index (κ2) is 9.08. The molecule has 2 rings (SSSR count). The van der Waals surface area contributed by atoms with E-state index in [4.69, 9.17) is 0 Å². The van der Waals surface area contributed by atoms with Gasteiger partial charge in [-0.25, -0.2) is 0 Å². The van der Waals surface area contributed by atoms with E-state index in [1.54, 1.807) is 0 Å². The monoisotopic (exact) mass is 314 g/mol. The van der Waals surface area contributed by atoms with Crippen molar-refractivity contribution < 1.29 is 4.89 Å². The first-order valence-electron chi connectivity index (χ1n) is 8.41. The molecule has 2 aromatic rings. The van der Waals surface area contributed by atoms with E-state index in [-0.39, 0.29) is 0 Å². The third-order valence-electron chi connectivity index (χ3n) is 4.00. The molecule has 0 heterocycles. The summed E-state index contributed by atoms with van der Waals surface area (Å²) in [5.74, 6) is 0. The fourth-order valence-corrected chi connectivity index (χ4v) is 3.68. The number of unbranched alkanes of at least 4 members (excludes halogenated alkanes) is 2. The minimum absolute atomic E-state index is 1.04. The second-order valence-corrected chi connectivity index (χ2v) is 7.51. The highest BCUT2D eigenvalue weighted by atomic mass is 31.1. The molecule has 2 aromatic carbocycles. The fourth-order valence-electron chi connectivity index (χ4n) is 2.52. The molecule has 118 valence electrons. The fraction of sp³-hybridized carbons (Fsp3) is 0.400. The Bertz CT molecular complexity index is 493. The molecule has 0 fully saturated rings. The molecule has 1 N–H and O–H groups in total. The predicted octanol–water partition coefficient (Wildman–Crippen LogP) is 4.71. The van der Waals surface area contributed by atoms with Gasteiger partial charge in [-0.3, -0.25) is 0 Å². The Hall–Kier alpha value is -1.17. The van der Waals surface area contributed by atoms with Crippen LogP contribution >= 0.6 is 8.15 Å². The van der Waals surface area contributed by atoms with Gasteiger partial charge in [0, 0.05) is 10.6 Å². The van der Waals surface area contributed by atoms with Crippen molar-refractivity contribution in [3.8, 4) is 0 Å². The smallest absolute Gasteiger partial charge is 0.0877 e. The van der Waals surface area contributed by atoms with Crippen LogP contribution in [0, 0.1) is 0 Å². The molecule has 0 aromatic heterocycles. The zero-order valence-electron chi connectivity index (χ0n) is 13.8. The first-order valence-corrected chi connectivity index (χ1v) is 9.71. The lowest BCUT2D eigenvalue weighted by Crippen LogP contribution is -2.11. The van der Waals surface area contributed by atoms with Crippen molar-refractivity contribution in [2.24, 2.45) is 0 Å². The first kappa shape index (κ1) is 17.2. The first-order chi connectivity index (χ1) is 10.7. The molecule has 0 atom stereocenters. The average molecular weight is 314 g/mol. The molecule has 0 saturated heterocycles. The molecular formula is C20H27OP. The van der Waals surface area contributed by atoms with Crippen LogP contribution < -0.4 is 10.6 Å². The summed E-state index contributed by atoms with van der Waals surface area (Å²) in [6.45, 7) is 4.43. The number of hydrogen-bond donors (Lipinski definition) is 1. The Balaban J connectivity index is 2.02. The maximum atomic E-state index is 10.6. The second-order valence-electron chi connectivity index (χ2n) is 5.85. The summed E-state index contributed by atoms with van der Waals surface area (Å²) < 4.78 is 0. The third-order valence-corrected chi connectivity index (χ3v) is 5.57. The summed E-state index contributed by atoms with van der Waals surface area (Å²) >= 11 is 0. The van der Waals surface area contributed by atoms with E-state index in [0.717, 1.165) is 23.5 Å². The van der Waals surface area contributed by atoms with Crippen LogP contribution in [-0.4, -0.2) is 4.89 Å². The van der Waals surface area contributed by atoms with Crippen molar-refractivity contribution in [1.82, 2.24) is 0 Å². The van der Waals surface area contributed by atoms with Crippen LogP contribution in [0.3, 0.4) is 0 Å². The molecule has 0 aliphatic rings. The largest absolute Gasteiger partial charge is 0.364 e. The third kappa shape index (κ3) is 4.93. The normalized spacial score (nSPS) is 11.1. The molecule has 0 radical (unpaired) electrons. The van der Waals surface area contributed by atoms with Gasteiger partial charge in [-0.15, -0.1) is 0 Å². The van der Waals surface area contributed by atoms with E-state index in [1.165, 1.54) is 36.8 Å². The van der Waals surface area contributed by atoms with Crippen LogP contribution in [0.4, 0.5) is 0 Å². The van der Waals surface area contributed by atoms with E-state index in [1.807, 2.05) is 0 Å². The molecule has 0 unspecified atom stereocenters. The van der Waals surface area contributed by atoms with Gasteiger partial charge in [0.15, 0.2) is 0 Å². The summed E-state index contributed by atoms with van der Waals surface area (Å²) in [6.07, 6.45) is 7.16. The minimum Gasteiger partial charge on any atom is -0.364 e. The summed E-state index contributed by atoms with van der Waals surface area (Å²) in [5, 5.41) is 2.08. The molecule has 2 heteroatoms. The highest BCUT2D eigenvalue weighted by Gasteiger charge is 2.10. The molecule has 0 spiro atoms. The average Bonchev–Trinajstić information content (AvgIpc) is 2.58. The van der Waals surface area contributed by atoms with Crippen LogP contribution in [-0.2, 0) is 12.8 Å². The summed E-state index contributed by atoms with van der Waals surface area (Å²) in [7, 11) is -1.22. The number of rotatable bonds is 8. The van der Waals surface area contributed by atoms with Gasteiger partial charge in [0.1, 0.15) is 0 Å². The summed E-state index contributed by atoms with van der Waals surface area (Å²) in [4.78, 5) is 10.6. The topological polar surface area (TPSA) is 20.2 Å². The van der Waals surface area contributed by atoms with Gasteiger partial charge < -0.3 is 4.89 Å². The van der Waals surface area contributed by atoms with Gasteiger partial charge in [0.2, 0.25) is 0 Å². The van der Waals surface area contributed by atoms with Gasteiger partial charge in [-0.2, -0.15) is 0 Å². The van der Waals surface area contributed by atoms with E-state index in [9.17, 15) is 4.89 Å². The molecule has 0 aliphatic heterocycles. The minimum atomic E-state index is -1.22. The predicted molar refractivity (Wildman–Crippen MR) is 98.5 cm³/mol. The van der Waals surface area contributed by atoms with Crippen LogP contribution in [0.25, 0.3) is 0 Å². The highest BCUT2D eigenvalue weighted by Crippen LogP contribution is 2.28. The van der Waals surface area contributed by atoms with Crippen molar-refractivity contribution >= 4 is 18.8 Å². The van der Waals surface area contributed by atoms with Crippen LogP contribution in [0.2, 0.25) is 0 Å². The maximum Gasteiger partial charge on any atom is 0.0877 e. The highest BCUT2D eigenvalue weighted by molar-refractivity contribution is 7.67. The number of hydrogen-bond acceptors (Lipinski definition) is 1. The van der Waals surface area contributed by atoms with Crippen molar-refractivity contribution in [3.05, 3.63) is 59.7 Å². The Morgan fingerprint density at radius 1 is 0.682 bits per heavy atom. The molecule has 0 amide bonds. The van der Waals surface area contributed by atoms with E-state index in [2.05, 4.69) is 62.4 Å². The Morgan fingerprint density at radius 2 is 1.05 bits per heavy atom. The van der Waals surface area contributed by atoms with Gasteiger partial charge >= 0.3 is 0 Å². The van der Waals surface area contributed by atoms with Gasteiger partial charge in [-0.05, 0) is 36.8 Å². The van der Waals surface area contributed by atoms with Crippen molar-refractivity contribution in [3.63, 3.8) is 0 Å². The van der Waals surface area contributed by atoms with Crippen molar-refractivity contribution in [1.29, 1.82) is 0 Å². The molecule has 1 nitrogen and oxygen atoms in total. The van der Waals surface area contributed by atoms with E-state index < -0.39 is 8.15 Å². The standard InChI is InChI=1S/C20H27OP/c1-3-5-7-17-9-13-19(14-10-17)22(21)20-15-11-18(12-16-20)8-6-4-2/h9-16,21H,3-8H2,1-2H3. The van der Waals surface area contributed by atoms with Crippen LogP contribution in [0.1, 0.15) is 50.7 Å². The quantitative estimate of drug-likeness (QED) is 0.700. The van der Waals surface area contributed by atoms with E-state index in [0.29, 0.717) is 0 Å². The van der Waals surface area contributed by atoms with E-state index >= 15 is 0 Å². The molecule has 0 aliphatic carbocycles. The lowest BCUT2D eigenvalue weighted by Gasteiger charge is -2.12. The summed E-state index contributed by atoms with van der Waals surface area (Å²) in [6, 6.07) is 17.0. The Kier molecular flexibility index (Phi) is 7.09. The molecule has 0 bridgehead atoms. The lowest BCUT2D eigenvalue weighted by atomic mass is 10.1.